The molecule has 1 fully saturated rings. The lowest BCUT2D eigenvalue weighted by Crippen LogP contribution is -2.50. The summed E-state index contributed by atoms with van der Waals surface area (Å²) in [5.41, 5.74) is 1.20. The van der Waals surface area contributed by atoms with Crippen LogP contribution in [0.2, 0.25) is 0 Å². The predicted octanol–water partition coefficient (Wildman–Crippen LogP) is 6.71. The smallest absolute Gasteiger partial charge is 0.419 e. The van der Waals surface area contributed by atoms with Crippen molar-refractivity contribution in [3.8, 4) is 5.75 Å². The Bertz CT molecular complexity index is 1650. The third-order valence-corrected chi connectivity index (χ3v) is 8.20. The van der Waals surface area contributed by atoms with Gasteiger partial charge in [-0.3, -0.25) is 4.79 Å². The number of hydrogen-bond donors (Lipinski definition) is 2. The molecule has 0 unspecified atom stereocenters. The summed E-state index contributed by atoms with van der Waals surface area (Å²) < 4.78 is 53.5. The summed E-state index contributed by atoms with van der Waals surface area (Å²) in [5.74, 6) is 0.343. The van der Waals surface area contributed by atoms with Crippen LogP contribution in [-0.2, 0) is 34.0 Å². The van der Waals surface area contributed by atoms with Crippen molar-refractivity contribution in [3.63, 3.8) is 0 Å². The van der Waals surface area contributed by atoms with Crippen molar-refractivity contribution in [2.24, 2.45) is 0 Å². The van der Waals surface area contributed by atoms with E-state index >= 15 is 0 Å². The number of nitrogens with zero attached hydrogens (tertiary/aromatic N) is 4. The van der Waals surface area contributed by atoms with Crippen molar-refractivity contribution >= 4 is 35.0 Å². The molecular formula is C34H41F3N6O4. The van der Waals surface area contributed by atoms with Gasteiger partial charge in [0.15, 0.2) is 0 Å². The van der Waals surface area contributed by atoms with E-state index in [1.54, 1.807) is 36.9 Å². The first-order valence-electron chi connectivity index (χ1n) is 15.7. The fraction of sp³-hybridized carbons (Fsp3) is 0.471. The van der Waals surface area contributed by atoms with Crippen LogP contribution in [0.3, 0.4) is 0 Å². The topological polar surface area (TPSA) is 109 Å². The van der Waals surface area contributed by atoms with E-state index < -0.39 is 22.8 Å². The van der Waals surface area contributed by atoms with Gasteiger partial charge in [0, 0.05) is 49.8 Å². The highest BCUT2D eigenvalue weighted by atomic mass is 19.4. The number of anilines is 4. The average molecular weight is 655 g/mol. The fourth-order valence-corrected chi connectivity index (χ4v) is 5.88. The van der Waals surface area contributed by atoms with Crippen molar-refractivity contribution in [2.75, 3.05) is 48.3 Å². The van der Waals surface area contributed by atoms with Crippen molar-refractivity contribution in [2.45, 2.75) is 71.6 Å². The molecule has 2 N–H and O–H groups in total. The summed E-state index contributed by atoms with van der Waals surface area (Å²) in [6, 6.07) is 10.9. The second kappa shape index (κ2) is 12.9. The lowest BCUT2D eigenvalue weighted by Gasteiger charge is -2.37. The normalized spacial score (nSPS) is 16.1. The van der Waals surface area contributed by atoms with Gasteiger partial charge in [-0.15, -0.1) is 0 Å². The number of halogens is 3. The monoisotopic (exact) mass is 654 g/mol. The van der Waals surface area contributed by atoms with Crippen LogP contribution in [0, 0.1) is 0 Å². The number of hydrogen-bond acceptors (Lipinski definition) is 8. The van der Waals surface area contributed by atoms with Gasteiger partial charge < -0.3 is 29.9 Å². The maximum Gasteiger partial charge on any atom is 0.419 e. The van der Waals surface area contributed by atoms with Gasteiger partial charge in [-0.1, -0.05) is 12.1 Å². The molecule has 1 aromatic heterocycles. The summed E-state index contributed by atoms with van der Waals surface area (Å²) in [7, 11) is 0. The Morgan fingerprint density at radius 1 is 1.06 bits per heavy atom. The van der Waals surface area contributed by atoms with Gasteiger partial charge in [0.1, 0.15) is 11.4 Å². The van der Waals surface area contributed by atoms with Crippen molar-refractivity contribution in [3.05, 3.63) is 65.0 Å². The molecule has 2 aliphatic heterocycles. The lowest BCUT2D eigenvalue weighted by atomic mass is 9.82. The molecule has 2 aliphatic rings. The van der Waals surface area contributed by atoms with E-state index in [9.17, 15) is 22.8 Å². The summed E-state index contributed by atoms with van der Waals surface area (Å²) in [6.45, 7) is 13.5. The van der Waals surface area contributed by atoms with Gasteiger partial charge in [-0.05, 0) is 83.7 Å². The quantitative estimate of drug-likeness (QED) is 0.276. The minimum atomic E-state index is -4.64. The number of fused-ring (bicyclic) bond motifs is 1. The van der Waals surface area contributed by atoms with E-state index in [0.29, 0.717) is 49.9 Å². The van der Waals surface area contributed by atoms with E-state index in [0.717, 1.165) is 23.0 Å². The van der Waals surface area contributed by atoms with Gasteiger partial charge >= 0.3 is 12.3 Å². The van der Waals surface area contributed by atoms with Crippen LogP contribution in [0.25, 0.3) is 0 Å². The Balaban J connectivity index is 1.34. The standard InChI is InChI=1S/C34H41F3N6O4/c1-7-46-27-19-22(42-15-17-43(18-16-42)31(45)47-32(2,3)4)12-14-25(27)41-30-38-20-23(34(35,36)37)24(40-30)13-11-21-9-8-10-26-28(21)33(5,6)29(44)39-26/h8-10,12,14,19-20H,7,11,13,15-18H2,1-6H3,(H,39,44)(H,38,40,41). The average Bonchev–Trinajstić information content (AvgIpc) is 3.23. The first kappa shape index (κ1) is 33.8. The number of carbonyl (C=O) groups excluding carboxylic acids is 2. The van der Waals surface area contributed by atoms with Crippen LogP contribution in [0.5, 0.6) is 5.75 Å². The van der Waals surface area contributed by atoms with Gasteiger partial charge in [0.25, 0.3) is 0 Å². The molecule has 0 aliphatic carbocycles. The zero-order chi connectivity index (χ0) is 34.1. The predicted molar refractivity (Wildman–Crippen MR) is 173 cm³/mol. The van der Waals surface area contributed by atoms with Crippen molar-refractivity contribution < 1.29 is 32.2 Å². The Hall–Kier alpha value is -4.55. The van der Waals surface area contributed by atoms with E-state index in [1.165, 1.54) is 0 Å². The fourth-order valence-electron chi connectivity index (χ4n) is 5.88. The lowest BCUT2D eigenvalue weighted by molar-refractivity contribution is -0.138. The van der Waals surface area contributed by atoms with E-state index in [2.05, 4.69) is 25.5 Å². The Morgan fingerprint density at radius 3 is 2.45 bits per heavy atom. The highest BCUT2D eigenvalue weighted by Gasteiger charge is 2.40. The number of amides is 2. The van der Waals surface area contributed by atoms with Crippen molar-refractivity contribution in [1.82, 2.24) is 14.9 Å². The molecule has 252 valence electrons. The molecule has 47 heavy (non-hydrogen) atoms. The zero-order valence-electron chi connectivity index (χ0n) is 27.5. The number of benzene rings is 2. The third kappa shape index (κ3) is 7.55. The molecule has 2 amide bonds. The highest BCUT2D eigenvalue weighted by Crippen LogP contribution is 2.41. The molecule has 3 aromatic rings. The summed E-state index contributed by atoms with van der Waals surface area (Å²) >= 11 is 0. The number of ether oxygens (including phenoxy) is 2. The molecule has 0 spiro atoms. The van der Waals surface area contributed by atoms with Crippen LogP contribution < -0.4 is 20.3 Å². The number of rotatable bonds is 8. The number of alkyl halides is 3. The van der Waals surface area contributed by atoms with Crippen LogP contribution in [0.4, 0.5) is 41.0 Å². The molecule has 10 nitrogen and oxygen atoms in total. The van der Waals surface area contributed by atoms with Crippen LogP contribution >= 0.6 is 0 Å². The van der Waals surface area contributed by atoms with Crippen molar-refractivity contribution in [1.29, 1.82) is 0 Å². The molecule has 3 heterocycles. The van der Waals surface area contributed by atoms with Crippen LogP contribution in [0.1, 0.15) is 63.9 Å². The first-order chi connectivity index (χ1) is 22.1. The Kier molecular flexibility index (Phi) is 9.29. The van der Waals surface area contributed by atoms with E-state index in [-0.39, 0.29) is 36.5 Å². The molecular weight excluding hydrogens is 613 g/mol. The molecule has 0 saturated carbocycles. The van der Waals surface area contributed by atoms with E-state index in [1.807, 2.05) is 45.9 Å². The summed E-state index contributed by atoms with van der Waals surface area (Å²) in [4.78, 5) is 37.1. The number of piperazine rings is 1. The molecule has 13 heteroatoms. The molecule has 0 bridgehead atoms. The largest absolute Gasteiger partial charge is 0.492 e. The maximum absolute atomic E-state index is 14.0. The number of nitrogens with one attached hydrogen (secondary N) is 2. The van der Waals surface area contributed by atoms with Gasteiger partial charge in [-0.25, -0.2) is 14.8 Å². The minimum Gasteiger partial charge on any atom is -0.492 e. The number of aromatic nitrogens is 2. The van der Waals surface area contributed by atoms with Gasteiger partial charge in [0.2, 0.25) is 11.9 Å². The Morgan fingerprint density at radius 2 is 1.79 bits per heavy atom. The zero-order valence-corrected chi connectivity index (χ0v) is 27.5. The van der Waals surface area contributed by atoms with Gasteiger partial charge in [-0.2, -0.15) is 13.2 Å². The second-order valence-electron chi connectivity index (χ2n) is 13.2. The molecule has 0 radical (unpaired) electrons. The highest BCUT2D eigenvalue weighted by molar-refractivity contribution is 6.06. The summed E-state index contributed by atoms with van der Waals surface area (Å²) in [5, 5.41) is 5.91. The maximum atomic E-state index is 14.0. The summed E-state index contributed by atoms with van der Waals surface area (Å²) in [6.07, 6.45) is -3.95. The second-order valence-corrected chi connectivity index (χ2v) is 13.2. The Labute approximate surface area is 272 Å². The van der Waals surface area contributed by atoms with E-state index in [4.69, 9.17) is 9.47 Å². The van der Waals surface area contributed by atoms with Gasteiger partial charge in [0.05, 0.1) is 29.0 Å². The molecule has 5 rings (SSSR count). The third-order valence-electron chi connectivity index (χ3n) is 8.20. The molecule has 1 saturated heterocycles. The number of aryl methyl sites for hydroxylation is 2. The molecule has 2 aromatic carbocycles. The van der Waals surface area contributed by atoms with Crippen LogP contribution in [-0.4, -0.2) is 65.3 Å². The SMILES string of the molecule is CCOc1cc(N2CCN(C(=O)OC(C)(C)C)CC2)ccc1Nc1ncc(C(F)(F)F)c(CCc2cccc3c2C(C)(C)C(=O)N3)n1. The van der Waals surface area contributed by atoms with Crippen LogP contribution in [0.15, 0.2) is 42.6 Å². The first-order valence-corrected chi connectivity index (χ1v) is 15.7. The number of carbonyl (C=O) groups is 2. The molecule has 0 atom stereocenters. The minimum absolute atomic E-state index is 0.00291.